The maximum absolute atomic E-state index is 13.0. The van der Waals surface area contributed by atoms with Crippen molar-refractivity contribution in [2.75, 3.05) is 13.7 Å². The molecule has 0 amide bonds. The summed E-state index contributed by atoms with van der Waals surface area (Å²) in [5.41, 5.74) is 0.565. The molecule has 0 fully saturated rings. The normalized spacial score (nSPS) is 14.2. The Morgan fingerprint density at radius 2 is 2.31 bits per heavy atom. The minimum Gasteiger partial charge on any atom is -0.488 e. The smallest absolute Gasteiger partial charge is 0.338 e. The van der Waals surface area contributed by atoms with Crippen LogP contribution in [-0.2, 0) is 9.53 Å². The third kappa shape index (κ3) is 1.76. The number of fused-ring (bicyclic) bond motifs is 1. The van der Waals surface area contributed by atoms with Crippen molar-refractivity contribution >= 4 is 22.6 Å². The molecule has 0 N–H and O–H groups in total. The number of carbonyl (C=O) groups is 1. The molecule has 0 unspecified atom stereocenters. The van der Waals surface area contributed by atoms with Crippen molar-refractivity contribution in [1.29, 1.82) is 0 Å². The molecule has 1 aromatic rings. The summed E-state index contributed by atoms with van der Waals surface area (Å²) in [6, 6.07) is 3.97. The number of rotatable bonds is 1. The van der Waals surface area contributed by atoms with Gasteiger partial charge in [-0.3, -0.25) is 0 Å². The molecule has 0 saturated heterocycles. The second-order valence-corrected chi connectivity index (χ2v) is 3.59. The van der Waals surface area contributed by atoms with E-state index < -0.39 is 11.8 Å². The topological polar surface area (TPSA) is 35.5 Å². The Bertz CT molecular complexity index is 482. The lowest BCUT2D eigenvalue weighted by Crippen LogP contribution is -2.17. The van der Waals surface area contributed by atoms with E-state index in [0.29, 0.717) is 11.3 Å². The lowest BCUT2D eigenvalue weighted by Gasteiger charge is -2.19. The molecule has 0 bridgehead atoms. The summed E-state index contributed by atoms with van der Waals surface area (Å²) in [7, 11) is 1.25. The predicted molar refractivity (Wildman–Crippen MR) is 56.7 cm³/mol. The van der Waals surface area contributed by atoms with Crippen LogP contribution >= 0.6 is 11.6 Å². The van der Waals surface area contributed by atoms with E-state index >= 15 is 0 Å². The van der Waals surface area contributed by atoms with E-state index in [2.05, 4.69) is 4.74 Å². The molecule has 0 saturated carbocycles. The van der Waals surface area contributed by atoms with Gasteiger partial charge in [0.25, 0.3) is 0 Å². The van der Waals surface area contributed by atoms with Crippen LogP contribution in [0.4, 0.5) is 4.39 Å². The Balaban J connectivity index is 2.52. The molecule has 2 rings (SSSR count). The third-order valence-corrected chi connectivity index (χ3v) is 2.68. The highest BCUT2D eigenvalue weighted by Crippen LogP contribution is 2.36. The van der Waals surface area contributed by atoms with Gasteiger partial charge < -0.3 is 9.47 Å². The van der Waals surface area contributed by atoms with Gasteiger partial charge in [0, 0.05) is 5.56 Å². The molecule has 0 aromatic heterocycles. The first-order chi connectivity index (χ1) is 7.63. The number of hydrogen-bond donors (Lipinski definition) is 0. The Labute approximate surface area is 96.4 Å². The number of carbonyl (C=O) groups excluding carboxylic acids is 1. The van der Waals surface area contributed by atoms with Crippen LogP contribution in [-0.4, -0.2) is 19.7 Å². The van der Waals surface area contributed by atoms with E-state index in [9.17, 15) is 9.18 Å². The van der Waals surface area contributed by atoms with Crippen LogP contribution in [0, 0.1) is 5.82 Å². The van der Waals surface area contributed by atoms with E-state index in [4.69, 9.17) is 16.3 Å². The quantitative estimate of drug-likeness (QED) is 0.709. The van der Waals surface area contributed by atoms with E-state index in [0.717, 1.165) is 0 Å². The van der Waals surface area contributed by atoms with E-state index in [1.54, 1.807) is 0 Å². The van der Waals surface area contributed by atoms with Crippen molar-refractivity contribution in [1.82, 2.24) is 0 Å². The van der Waals surface area contributed by atoms with Crippen molar-refractivity contribution < 1.29 is 18.7 Å². The van der Waals surface area contributed by atoms with Gasteiger partial charge >= 0.3 is 5.97 Å². The predicted octanol–water partition coefficient (Wildman–Crippen LogP) is 2.34. The van der Waals surface area contributed by atoms with E-state index in [-0.39, 0.29) is 17.2 Å². The molecule has 0 aliphatic carbocycles. The minimum absolute atomic E-state index is 0.0319. The average molecular weight is 243 g/mol. The lowest BCUT2D eigenvalue weighted by atomic mass is 10.1. The monoisotopic (exact) mass is 242 g/mol. The molecule has 1 aliphatic rings. The molecule has 0 radical (unpaired) electrons. The standard InChI is InChI=1S/C11H8ClFO3/c1-15-11(14)8-5-16-9-3-2-6(13)4-7(9)10(8)12/h2-4H,5H2,1H3. The highest BCUT2D eigenvalue weighted by atomic mass is 35.5. The van der Waals surface area contributed by atoms with Crippen LogP contribution in [0.3, 0.4) is 0 Å². The number of halogens is 2. The summed E-state index contributed by atoms with van der Waals surface area (Å²) in [4.78, 5) is 11.3. The van der Waals surface area contributed by atoms with Crippen molar-refractivity contribution in [3.63, 3.8) is 0 Å². The largest absolute Gasteiger partial charge is 0.488 e. The van der Waals surface area contributed by atoms with Gasteiger partial charge in [-0.25, -0.2) is 9.18 Å². The first kappa shape index (κ1) is 11.0. The fourth-order valence-corrected chi connectivity index (χ4v) is 1.73. The summed E-state index contributed by atoms with van der Waals surface area (Å²) in [6.07, 6.45) is 0. The molecule has 16 heavy (non-hydrogen) atoms. The summed E-state index contributed by atoms with van der Waals surface area (Å²) in [5.74, 6) is -0.550. The minimum atomic E-state index is -0.570. The van der Waals surface area contributed by atoms with Crippen molar-refractivity contribution in [3.05, 3.63) is 35.2 Å². The van der Waals surface area contributed by atoms with Crippen LogP contribution in [0.1, 0.15) is 5.56 Å². The lowest BCUT2D eigenvalue weighted by molar-refractivity contribution is -0.136. The van der Waals surface area contributed by atoms with Gasteiger partial charge in [-0.15, -0.1) is 0 Å². The molecule has 3 nitrogen and oxygen atoms in total. The Morgan fingerprint density at radius 1 is 1.56 bits per heavy atom. The molecule has 84 valence electrons. The third-order valence-electron chi connectivity index (χ3n) is 2.25. The fraction of sp³-hybridized carbons (Fsp3) is 0.182. The molecular formula is C11H8ClFO3. The van der Waals surface area contributed by atoms with Gasteiger partial charge in [0.15, 0.2) is 0 Å². The summed E-state index contributed by atoms with van der Waals surface area (Å²) in [6.45, 7) is 0.0319. The van der Waals surface area contributed by atoms with Gasteiger partial charge in [-0.05, 0) is 18.2 Å². The van der Waals surface area contributed by atoms with Crippen LogP contribution in [0.2, 0.25) is 0 Å². The fourth-order valence-electron chi connectivity index (χ4n) is 1.45. The summed E-state index contributed by atoms with van der Waals surface area (Å²) >= 11 is 5.99. The number of benzene rings is 1. The maximum Gasteiger partial charge on any atom is 0.338 e. The van der Waals surface area contributed by atoms with Crippen molar-refractivity contribution in [3.8, 4) is 5.75 Å². The second kappa shape index (κ2) is 4.14. The number of ether oxygens (including phenoxy) is 2. The Kier molecular flexibility index (Phi) is 2.83. The number of methoxy groups -OCH3 is 1. The SMILES string of the molecule is COC(=O)C1=C(Cl)c2cc(F)ccc2OC1. The highest BCUT2D eigenvalue weighted by Gasteiger charge is 2.24. The molecular weight excluding hydrogens is 235 g/mol. The van der Waals surface area contributed by atoms with Gasteiger partial charge in [0.1, 0.15) is 18.2 Å². The van der Waals surface area contributed by atoms with Crippen molar-refractivity contribution in [2.24, 2.45) is 0 Å². The van der Waals surface area contributed by atoms with Crippen LogP contribution in [0.25, 0.3) is 5.03 Å². The number of esters is 1. The van der Waals surface area contributed by atoms with Gasteiger partial charge in [0.2, 0.25) is 0 Å². The first-order valence-corrected chi connectivity index (χ1v) is 4.91. The molecule has 1 aliphatic heterocycles. The second-order valence-electron chi connectivity index (χ2n) is 3.21. The van der Waals surface area contributed by atoms with Crippen molar-refractivity contribution in [2.45, 2.75) is 0 Å². The van der Waals surface area contributed by atoms with E-state index in [1.165, 1.54) is 25.3 Å². The molecule has 5 heteroatoms. The Hall–Kier alpha value is -1.55. The zero-order valence-electron chi connectivity index (χ0n) is 8.42. The van der Waals surface area contributed by atoms with Crippen LogP contribution in [0.5, 0.6) is 5.75 Å². The Morgan fingerprint density at radius 3 is 3.00 bits per heavy atom. The van der Waals surface area contributed by atoms with E-state index in [1.807, 2.05) is 0 Å². The van der Waals surface area contributed by atoms with Gasteiger partial charge in [-0.2, -0.15) is 0 Å². The summed E-state index contributed by atoms with van der Waals surface area (Å²) < 4.78 is 22.9. The molecule has 1 heterocycles. The van der Waals surface area contributed by atoms with Crippen LogP contribution in [0.15, 0.2) is 23.8 Å². The van der Waals surface area contributed by atoms with Crippen LogP contribution < -0.4 is 4.74 Å². The zero-order valence-corrected chi connectivity index (χ0v) is 9.18. The average Bonchev–Trinajstić information content (AvgIpc) is 2.29. The summed E-state index contributed by atoms with van der Waals surface area (Å²) in [5, 5.41) is 0.174. The molecule has 0 atom stereocenters. The molecule has 1 aromatic carbocycles. The number of hydrogen-bond acceptors (Lipinski definition) is 3. The highest BCUT2D eigenvalue weighted by molar-refractivity contribution is 6.51. The first-order valence-electron chi connectivity index (χ1n) is 4.53. The molecule has 0 spiro atoms. The maximum atomic E-state index is 13.0. The van der Waals surface area contributed by atoms with Gasteiger partial charge in [-0.1, -0.05) is 11.6 Å². The zero-order chi connectivity index (χ0) is 11.7. The van der Waals surface area contributed by atoms with Gasteiger partial charge in [0.05, 0.1) is 17.7 Å².